The van der Waals surface area contributed by atoms with E-state index in [4.69, 9.17) is 0 Å². The van der Waals surface area contributed by atoms with Gasteiger partial charge in [-0.1, -0.05) is 0 Å². The smallest absolute Gasteiger partial charge is 0.313 e. The van der Waals surface area contributed by atoms with Gasteiger partial charge >= 0.3 is 6.18 Å². The molecule has 0 saturated heterocycles. The molecule has 1 rings (SSSR count). The van der Waals surface area contributed by atoms with E-state index in [1.807, 2.05) is 13.8 Å². The lowest BCUT2D eigenvalue weighted by Gasteiger charge is -2.07. The summed E-state index contributed by atoms with van der Waals surface area (Å²) in [5.41, 5.74) is 2.88. The lowest BCUT2D eigenvalue weighted by molar-refractivity contribution is -0.135. The average Bonchev–Trinajstić information content (AvgIpc) is 2.46. The molecule has 0 radical (unpaired) electrons. The summed E-state index contributed by atoms with van der Waals surface area (Å²) in [7, 11) is 0. The van der Waals surface area contributed by atoms with E-state index in [1.54, 1.807) is 0 Å². The second kappa shape index (κ2) is 5.34. The second-order valence-corrected chi connectivity index (χ2v) is 3.81. The quantitative estimate of drug-likeness (QED) is 0.770. The maximum atomic E-state index is 11.8. The first-order valence-electron chi connectivity index (χ1n) is 5.18. The van der Waals surface area contributed by atoms with Gasteiger partial charge in [0.25, 0.3) is 0 Å². The van der Waals surface area contributed by atoms with E-state index in [9.17, 15) is 13.2 Å². The summed E-state index contributed by atoms with van der Waals surface area (Å²) >= 11 is 0. The molecule has 1 aromatic rings. The van der Waals surface area contributed by atoms with Gasteiger partial charge in [0.05, 0.1) is 5.69 Å². The molecular formula is C10H16F3N3. The van der Waals surface area contributed by atoms with Crippen molar-refractivity contribution in [3.63, 3.8) is 0 Å². The van der Waals surface area contributed by atoms with Crippen LogP contribution in [-0.4, -0.2) is 22.9 Å². The van der Waals surface area contributed by atoms with Crippen LogP contribution in [0.3, 0.4) is 0 Å². The van der Waals surface area contributed by atoms with Crippen LogP contribution in [0.15, 0.2) is 0 Å². The molecule has 0 aliphatic carbocycles. The number of nitrogens with one attached hydrogen (secondary N) is 2. The molecule has 3 nitrogen and oxygen atoms in total. The van der Waals surface area contributed by atoms with Crippen LogP contribution in [-0.2, 0) is 6.54 Å². The Hall–Kier alpha value is -1.04. The summed E-state index contributed by atoms with van der Waals surface area (Å²) < 4.78 is 35.5. The molecule has 16 heavy (non-hydrogen) atoms. The minimum absolute atomic E-state index is 0.111. The molecule has 1 heterocycles. The van der Waals surface area contributed by atoms with Crippen LogP contribution in [0, 0.1) is 13.8 Å². The van der Waals surface area contributed by atoms with Crippen molar-refractivity contribution in [2.75, 3.05) is 6.54 Å². The molecule has 0 unspecified atom stereocenters. The van der Waals surface area contributed by atoms with Crippen LogP contribution in [0.25, 0.3) is 0 Å². The summed E-state index contributed by atoms with van der Waals surface area (Å²) in [5.74, 6) is 0. The van der Waals surface area contributed by atoms with Crippen molar-refractivity contribution in [2.24, 2.45) is 0 Å². The van der Waals surface area contributed by atoms with E-state index in [1.165, 1.54) is 0 Å². The minimum Gasteiger partial charge on any atom is -0.313 e. The normalized spacial score (nSPS) is 12.1. The Morgan fingerprint density at radius 3 is 2.50 bits per heavy atom. The van der Waals surface area contributed by atoms with Crippen molar-refractivity contribution < 1.29 is 13.2 Å². The molecule has 92 valence electrons. The Labute approximate surface area is 92.4 Å². The number of aryl methyl sites for hydroxylation is 2. The number of halogens is 3. The monoisotopic (exact) mass is 235 g/mol. The molecule has 2 N–H and O–H groups in total. The van der Waals surface area contributed by atoms with Gasteiger partial charge in [-0.25, -0.2) is 0 Å². The fourth-order valence-electron chi connectivity index (χ4n) is 1.46. The van der Waals surface area contributed by atoms with Crippen LogP contribution >= 0.6 is 0 Å². The number of hydrogen-bond acceptors (Lipinski definition) is 2. The molecule has 0 aromatic carbocycles. The van der Waals surface area contributed by atoms with Crippen LogP contribution in [0.4, 0.5) is 13.2 Å². The molecular weight excluding hydrogens is 219 g/mol. The second-order valence-electron chi connectivity index (χ2n) is 3.81. The van der Waals surface area contributed by atoms with Gasteiger partial charge in [0.1, 0.15) is 0 Å². The van der Waals surface area contributed by atoms with Gasteiger partial charge in [-0.2, -0.15) is 18.3 Å². The Bertz CT molecular complexity index is 311. The average molecular weight is 235 g/mol. The number of hydrogen-bond donors (Lipinski definition) is 2. The molecule has 0 fully saturated rings. The molecule has 0 saturated carbocycles. The summed E-state index contributed by atoms with van der Waals surface area (Å²) in [6.07, 6.45) is -4.67. The summed E-state index contributed by atoms with van der Waals surface area (Å²) in [4.78, 5) is 0. The fraction of sp³-hybridized carbons (Fsp3) is 0.700. The van der Waals surface area contributed by atoms with E-state index < -0.39 is 12.6 Å². The SMILES string of the molecule is Cc1n[nH]c(C)c1CNCCCC(F)(F)F. The third-order valence-corrected chi connectivity index (χ3v) is 2.40. The third-order valence-electron chi connectivity index (χ3n) is 2.40. The van der Waals surface area contributed by atoms with Crippen molar-refractivity contribution in [3.05, 3.63) is 17.0 Å². The van der Waals surface area contributed by atoms with Crippen LogP contribution in [0.5, 0.6) is 0 Å². The number of aromatic nitrogens is 2. The number of nitrogens with zero attached hydrogens (tertiary/aromatic N) is 1. The molecule has 0 aliphatic rings. The molecule has 0 amide bonds. The van der Waals surface area contributed by atoms with Gasteiger partial charge in [0.15, 0.2) is 0 Å². The number of alkyl halides is 3. The fourth-order valence-corrected chi connectivity index (χ4v) is 1.46. The predicted octanol–water partition coefficient (Wildman–Crippen LogP) is 2.46. The molecule has 0 bridgehead atoms. The largest absolute Gasteiger partial charge is 0.389 e. The summed E-state index contributed by atoms with van der Waals surface area (Å²) in [6.45, 7) is 4.69. The zero-order chi connectivity index (χ0) is 12.2. The van der Waals surface area contributed by atoms with Gasteiger partial charge in [-0.3, -0.25) is 5.10 Å². The van der Waals surface area contributed by atoms with Gasteiger partial charge in [0, 0.05) is 24.2 Å². The zero-order valence-electron chi connectivity index (χ0n) is 9.41. The van der Waals surface area contributed by atoms with Gasteiger partial charge < -0.3 is 5.32 Å². The van der Waals surface area contributed by atoms with Crippen LogP contribution < -0.4 is 5.32 Å². The first-order chi connectivity index (χ1) is 7.40. The Balaban J connectivity index is 2.22. The highest BCUT2D eigenvalue weighted by atomic mass is 19.4. The standard InChI is InChI=1S/C10H16F3N3/c1-7-9(8(2)16-15-7)6-14-5-3-4-10(11,12)13/h14H,3-6H2,1-2H3,(H,15,16). The van der Waals surface area contributed by atoms with Crippen molar-refractivity contribution in [3.8, 4) is 0 Å². The summed E-state index contributed by atoms with van der Waals surface area (Å²) in [6, 6.07) is 0. The Morgan fingerprint density at radius 2 is 2.00 bits per heavy atom. The lowest BCUT2D eigenvalue weighted by atomic mass is 10.2. The Kier molecular flexibility index (Phi) is 4.35. The van der Waals surface area contributed by atoms with Crippen molar-refractivity contribution in [1.29, 1.82) is 0 Å². The molecule has 0 aliphatic heterocycles. The van der Waals surface area contributed by atoms with E-state index in [2.05, 4.69) is 15.5 Å². The minimum atomic E-state index is -4.05. The van der Waals surface area contributed by atoms with E-state index in [0.29, 0.717) is 13.1 Å². The highest BCUT2D eigenvalue weighted by molar-refractivity contribution is 5.22. The van der Waals surface area contributed by atoms with Crippen LogP contribution in [0.1, 0.15) is 29.8 Å². The van der Waals surface area contributed by atoms with Crippen LogP contribution in [0.2, 0.25) is 0 Å². The van der Waals surface area contributed by atoms with Crippen molar-refractivity contribution in [2.45, 2.75) is 39.4 Å². The van der Waals surface area contributed by atoms with E-state index >= 15 is 0 Å². The molecule has 0 spiro atoms. The summed E-state index contributed by atoms with van der Waals surface area (Å²) in [5, 5.41) is 9.82. The molecule has 6 heteroatoms. The number of aromatic amines is 1. The van der Waals surface area contributed by atoms with Gasteiger partial charge in [-0.05, 0) is 26.8 Å². The number of rotatable bonds is 5. The number of H-pyrrole nitrogens is 1. The topological polar surface area (TPSA) is 40.7 Å². The highest BCUT2D eigenvalue weighted by Crippen LogP contribution is 2.20. The maximum Gasteiger partial charge on any atom is 0.389 e. The first kappa shape index (κ1) is 13.0. The molecule has 0 atom stereocenters. The van der Waals surface area contributed by atoms with Gasteiger partial charge in [0.2, 0.25) is 0 Å². The van der Waals surface area contributed by atoms with Gasteiger partial charge in [-0.15, -0.1) is 0 Å². The maximum absolute atomic E-state index is 11.8. The predicted molar refractivity (Wildman–Crippen MR) is 55.1 cm³/mol. The zero-order valence-corrected chi connectivity index (χ0v) is 9.41. The molecule has 1 aromatic heterocycles. The third kappa shape index (κ3) is 4.22. The van der Waals surface area contributed by atoms with E-state index in [-0.39, 0.29) is 6.42 Å². The van der Waals surface area contributed by atoms with E-state index in [0.717, 1.165) is 17.0 Å². The Morgan fingerprint density at radius 1 is 1.31 bits per heavy atom. The highest BCUT2D eigenvalue weighted by Gasteiger charge is 2.25. The van der Waals surface area contributed by atoms with Crippen molar-refractivity contribution >= 4 is 0 Å². The van der Waals surface area contributed by atoms with Crippen molar-refractivity contribution in [1.82, 2.24) is 15.5 Å². The lowest BCUT2D eigenvalue weighted by Crippen LogP contribution is -2.18. The first-order valence-corrected chi connectivity index (χ1v) is 5.18.